The van der Waals surface area contributed by atoms with Crippen LogP contribution in [0.25, 0.3) is 0 Å². The molecule has 1 aliphatic rings. The fraction of sp³-hybridized carbons (Fsp3) is 0.500. The summed E-state index contributed by atoms with van der Waals surface area (Å²) in [6, 6.07) is 6.03. The molecule has 1 aromatic rings. The number of carbonyl (C=O) groups is 1. The number of aliphatic imine (C=N–C) groups is 1. The van der Waals surface area contributed by atoms with Crippen LogP contribution in [0.4, 0.5) is 10.5 Å². The van der Waals surface area contributed by atoms with Crippen molar-refractivity contribution in [2.24, 2.45) is 4.99 Å². The number of hydrogen-bond acceptors (Lipinski definition) is 5. The van der Waals surface area contributed by atoms with Gasteiger partial charge in [-0.25, -0.2) is 9.79 Å². The summed E-state index contributed by atoms with van der Waals surface area (Å²) in [4.78, 5) is 18.5. The molecule has 1 N–H and O–H groups in total. The lowest BCUT2D eigenvalue weighted by Gasteiger charge is -2.26. The van der Waals surface area contributed by atoms with Crippen LogP contribution >= 0.6 is 11.8 Å². The van der Waals surface area contributed by atoms with Crippen molar-refractivity contribution in [2.45, 2.75) is 39.2 Å². The van der Waals surface area contributed by atoms with Crippen LogP contribution in [0.5, 0.6) is 0 Å². The van der Waals surface area contributed by atoms with Crippen molar-refractivity contribution in [3.8, 4) is 6.19 Å². The molecule has 0 saturated heterocycles. The lowest BCUT2D eigenvalue weighted by atomic mass is 10.0. The number of nitrogens with zero attached hydrogens (tertiary/aromatic N) is 3. The van der Waals surface area contributed by atoms with Gasteiger partial charge in [-0.2, -0.15) is 5.26 Å². The van der Waals surface area contributed by atoms with Crippen LogP contribution in [-0.2, 0) is 17.6 Å². The summed E-state index contributed by atoms with van der Waals surface area (Å²) in [5.74, 6) is 0. The van der Waals surface area contributed by atoms with E-state index in [9.17, 15) is 4.79 Å². The van der Waals surface area contributed by atoms with Gasteiger partial charge in [-0.3, -0.25) is 5.32 Å². The molecule has 2 rings (SSSR count). The average Bonchev–Trinajstić information content (AvgIpc) is 2.75. The predicted molar refractivity (Wildman–Crippen MR) is 101 cm³/mol. The Hall–Kier alpha value is -2.20. The van der Waals surface area contributed by atoms with E-state index in [1.807, 2.05) is 45.4 Å². The molecule has 6 nitrogen and oxygen atoms in total. The lowest BCUT2D eigenvalue weighted by Crippen LogP contribution is -2.38. The van der Waals surface area contributed by atoms with Gasteiger partial charge in [0.1, 0.15) is 5.60 Å². The number of nitriles is 1. The maximum absolute atomic E-state index is 12.3. The fourth-order valence-corrected chi connectivity index (χ4v) is 2.92. The molecule has 0 aromatic heterocycles. The highest BCUT2D eigenvalue weighted by Crippen LogP contribution is 2.24. The molecule has 1 heterocycles. The summed E-state index contributed by atoms with van der Waals surface area (Å²) in [6.45, 7) is 6.90. The molecule has 0 unspecified atom stereocenters. The summed E-state index contributed by atoms with van der Waals surface area (Å²) in [6.07, 6.45) is 5.05. The van der Waals surface area contributed by atoms with E-state index < -0.39 is 5.60 Å². The van der Waals surface area contributed by atoms with Gasteiger partial charge >= 0.3 is 6.09 Å². The molecule has 1 amide bonds. The molecule has 0 bridgehead atoms. The Morgan fingerprint density at radius 2 is 2.00 bits per heavy atom. The maximum atomic E-state index is 12.3. The number of benzene rings is 1. The van der Waals surface area contributed by atoms with Crippen molar-refractivity contribution in [3.63, 3.8) is 0 Å². The third-order valence-electron chi connectivity index (χ3n) is 3.73. The first-order valence-electron chi connectivity index (χ1n) is 8.20. The van der Waals surface area contributed by atoms with Gasteiger partial charge in [0, 0.05) is 13.1 Å². The minimum atomic E-state index is -0.486. The van der Waals surface area contributed by atoms with Gasteiger partial charge in [0.05, 0.1) is 5.69 Å². The lowest BCUT2D eigenvalue weighted by molar-refractivity contribution is 0.0258. The molecule has 134 valence electrons. The number of hydrogen-bond donors (Lipinski definition) is 1. The molecule has 0 spiro atoms. The van der Waals surface area contributed by atoms with Gasteiger partial charge in [-0.15, -0.1) is 0 Å². The molecule has 1 aliphatic heterocycles. The SMILES string of the molecule is CSC(=Nc1ccc2c(c1)CCN(C(=O)OC(C)(C)C)CC2)NC#N. The van der Waals surface area contributed by atoms with E-state index in [0.717, 1.165) is 18.5 Å². The molecule has 7 heteroatoms. The van der Waals surface area contributed by atoms with Crippen molar-refractivity contribution < 1.29 is 9.53 Å². The second-order valence-corrected chi connectivity index (χ2v) is 7.57. The Morgan fingerprint density at radius 3 is 2.60 bits per heavy atom. The van der Waals surface area contributed by atoms with Crippen LogP contribution in [0.2, 0.25) is 0 Å². The first kappa shape index (κ1) is 19.1. The van der Waals surface area contributed by atoms with Crippen molar-refractivity contribution in [3.05, 3.63) is 29.3 Å². The van der Waals surface area contributed by atoms with Crippen LogP contribution in [0, 0.1) is 11.5 Å². The van der Waals surface area contributed by atoms with Crippen LogP contribution in [0.3, 0.4) is 0 Å². The average molecular weight is 360 g/mol. The van der Waals surface area contributed by atoms with Crippen LogP contribution in [-0.4, -0.2) is 41.1 Å². The van der Waals surface area contributed by atoms with Gasteiger partial charge < -0.3 is 9.64 Å². The summed E-state index contributed by atoms with van der Waals surface area (Å²) >= 11 is 1.39. The van der Waals surface area contributed by atoms with E-state index in [1.165, 1.54) is 22.9 Å². The number of amidine groups is 1. The van der Waals surface area contributed by atoms with E-state index in [4.69, 9.17) is 10.00 Å². The van der Waals surface area contributed by atoms with Gasteiger partial charge in [0.25, 0.3) is 0 Å². The summed E-state index contributed by atoms with van der Waals surface area (Å²) < 4.78 is 5.47. The number of thioether (sulfide) groups is 1. The molecule has 0 atom stereocenters. The number of carbonyl (C=O) groups excluding carboxylic acids is 1. The van der Waals surface area contributed by atoms with E-state index in [0.29, 0.717) is 18.3 Å². The second kappa shape index (κ2) is 8.26. The standard InChI is InChI=1S/C18H24N4O2S/c1-18(2,3)24-17(23)22-9-7-13-5-6-15(11-14(13)8-10-22)21-16(25-4)20-12-19/h5-6,11H,7-10H2,1-4H3,(H,20,21). The summed E-state index contributed by atoms with van der Waals surface area (Å²) in [7, 11) is 0. The topological polar surface area (TPSA) is 77.7 Å². The summed E-state index contributed by atoms with van der Waals surface area (Å²) in [5, 5.41) is 11.9. The van der Waals surface area contributed by atoms with Crippen molar-refractivity contribution in [2.75, 3.05) is 19.3 Å². The highest BCUT2D eigenvalue weighted by atomic mass is 32.2. The minimum Gasteiger partial charge on any atom is -0.444 e. The molecule has 0 aliphatic carbocycles. The van der Waals surface area contributed by atoms with Crippen molar-refractivity contribution in [1.29, 1.82) is 5.26 Å². The van der Waals surface area contributed by atoms with Gasteiger partial charge in [0.15, 0.2) is 11.4 Å². The first-order valence-corrected chi connectivity index (χ1v) is 9.42. The van der Waals surface area contributed by atoms with Crippen molar-refractivity contribution in [1.82, 2.24) is 10.2 Å². The van der Waals surface area contributed by atoms with E-state index in [1.54, 1.807) is 4.90 Å². The molecule has 25 heavy (non-hydrogen) atoms. The Labute approximate surface area is 153 Å². The van der Waals surface area contributed by atoms with Gasteiger partial charge in [0.2, 0.25) is 0 Å². The molecular formula is C18H24N4O2S. The Balaban J connectivity index is 2.12. The Kier molecular flexibility index (Phi) is 6.32. The second-order valence-electron chi connectivity index (χ2n) is 6.78. The fourth-order valence-electron chi connectivity index (χ4n) is 2.58. The maximum Gasteiger partial charge on any atom is 0.410 e. The highest BCUT2D eigenvalue weighted by molar-refractivity contribution is 8.13. The predicted octanol–water partition coefficient (Wildman–Crippen LogP) is 3.44. The number of nitrogens with one attached hydrogen (secondary N) is 1. The quantitative estimate of drug-likeness (QED) is 0.359. The van der Waals surface area contributed by atoms with Crippen LogP contribution in [0.15, 0.2) is 23.2 Å². The molecule has 0 radical (unpaired) electrons. The van der Waals surface area contributed by atoms with Crippen LogP contribution in [0.1, 0.15) is 31.9 Å². The molecule has 1 aromatic carbocycles. The molecule has 0 fully saturated rings. The highest BCUT2D eigenvalue weighted by Gasteiger charge is 2.24. The monoisotopic (exact) mass is 360 g/mol. The van der Waals surface area contributed by atoms with E-state index in [2.05, 4.69) is 16.4 Å². The van der Waals surface area contributed by atoms with Crippen molar-refractivity contribution >= 4 is 28.7 Å². The third-order valence-corrected chi connectivity index (χ3v) is 4.31. The van der Waals surface area contributed by atoms with Crippen LogP contribution < -0.4 is 5.32 Å². The first-order chi connectivity index (χ1) is 11.8. The minimum absolute atomic E-state index is 0.263. The Bertz CT molecular complexity index is 704. The largest absolute Gasteiger partial charge is 0.444 e. The number of fused-ring (bicyclic) bond motifs is 1. The molecule has 0 saturated carbocycles. The zero-order valence-electron chi connectivity index (χ0n) is 15.1. The van der Waals surface area contributed by atoms with E-state index >= 15 is 0 Å². The number of ether oxygens (including phenoxy) is 1. The van der Waals surface area contributed by atoms with Gasteiger partial charge in [-0.1, -0.05) is 17.8 Å². The normalized spacial score (nSPS) is 15.0. The number of rotatable bonds is 1. The van der Waals surface area contributed by atoms with E-state index in [-0.39, 0.29) is 6.09 Å². The zero-order chi connectivity index (χ0) is 18.4. The zero-order valence-corrected chi connectivity index (χ0v) is 15.9. The Morgan fingerprint density at radius 1 is 1.32 bits per heavy atom. The van der Waals surface area contributed by atoms with Gasteiger partial charge in [-0.05, 0) is 63.1 Å². The number of amides is 1. The molecular weight excluding hydrogens is 336 g/mol. The smallest absolute Gasteiger partial charge is 0.410 e. The summed E-state index contributed by atoms with van der Waals surface area (Å²) in [5.41, 5.74) is 2.73. The third kappa shape index (κ3) is 5.68.